The maximum Gasteiger partial charge on any atom is 0.339 e. The highest BCUT2D eigenvalue weighted by atomic mass is 16.7. The van der Waals surface area contributed by atoms with Crippen molar-refractivity contribution < 1.29 is 66.7 Å². The molecule has 2 aliphatic rings. The molecule has 16 nitrogen and oxygen atoms in total. The molecule has 2 N–H and O–H groups in total. The summed E-state index contributed by atoms with van der Waals surface area (Å²) in [7, 11) is 3.85. The van der Waals surface area contributed by atoms with Crippen LogP contribution in [0.15, 0.2) is 24.3 Å². The molecule has 1 aromatic carbocycles. The molecule has 1 aromatic rings. The highest BCUT2D eigenvalue weighted by Gasteiger charge is 2.55. The normalized spacial score (nSPS) is 25.4. The van der Waals surface area contributed by atoms with Gasteiger partial charge in [0, 0.05) is 40.3 Å². The largest absolute Gasteiger partial charge is 0.467 e. The molecular formula is C32H44N2O14. The van der Waals surface area contributed by atoms with E-state index in [2.05, 4.69) is 10.6 Å². The minimum absolute atomic E-state index is 0.0215. The first kappa shape index (κ1) is 38.2. The van der Waals surface area contributed by atoms with Crippen molar-refractivity contribution in [3.8, 4) is 5.75 Å². The van der Waals surface area contributed by atoms with E-state index in [1.165, 1.54) is 19.2 Å². The molecule has 266 valence electrons. The van der Waals surface area contributed by atoms with E-state index < -0.39 is 72.5 Å². The number of methoxy groups -OCH3 is 3. The molecule has 2 fully saturated rings. The van der Waals surface area contributed by atoms with Crippen LogP contribution < -0.4 is 15.4 Å². The number of esters is 5. The van der Waals surface area contributed by atoms with Crippen LogP contribution in [0.25, 0.3) is 0 Å². The minimum Gasteiger partial charge on any atom is -0.467 e. The third-order valence-corrected chi connectivity index (χ3v) is 7.93. The van der Waals surface area contributed by atoms with Gasteiger partial charge in [-0.15, -0.1) is 0 Å². The Labute approximate surface area is 278 Å². The summed E-state index contributed by atoms with van der Waals surface area (Å²) in [6.45, 7) is 5.84. The third-order valence-electron chi connectivity index (χ3n) is 7.93. The molecule has 0 saturated carbocycles. The van der Waals surface area contributed by atoms with Crippen LogP contribution in [0.1, 0.15) is 46.1 Å². The summed E-state index contributed by atoms with van der Waals surface area (Å²) in [5.41, 5.74) is 0.618. The van der Waals surface area contributed by atoms with Crippen LogP contribution in [-0.2, 0) is 68.3 Å². The lowest BCUT2D eigenvalue weighted by molar-refractivity contribution is -0.282. The monoisotopic (exact) mass is 680 g/mol. The van der Waals surface area contributed by atoms with Gasteiger partial charge in [-0.25, -0.2) is 9.59 Å². The summed E-state index contributed by atoms with van der Waals surface area (Å²) < 4.78 is 43.1. The fourth-order valence-electron chi connectivity index (χ4n) is 5.75. The summed E-state index contributed by atoms with van der Waals surface area (Å²) in [5.74, 6) is -4.82. The predicted molar refractivity (Wildman–Crippen MR) is 163 cm³/mol. The van der Waals surface area contributed by atoms with Gasteiger partial charge in [0.05, 0.1) is 26.2 Å². The average molecular weight is 681 g/mol. The van der Waals surface area contributed by atoms with E-state index >= 15 is 0 Å². The molecule has 16 heteroatoms. The molecule has 2 saturated heterocycles. The lowest BCUT2D eigenvalue weighted by Crippen LogP contribution is -2.64. The standard InChI is InChI=1S/C32H44N2O14/c1-16(24(41-5)22-9-8-14-33-22)29(38)34-23(30(39)42-6)15-20-10-12-21(13-11-20)47-32-28(46-19(4)37)26(45-18(3)36)25(44-17(2)35)27(48-32)31(40)43-7/h10-13,16,22-28,32-33H,8-9,14-15H2,1-7H3,(H,34,38)/t16-,22+,23+,24-,25-,26+,27+,28+,32-/m1/s1. The third kappa shape index (κ3) is 10.1. The van der Waals surface area contributed by atoms with Gasteiger partial charge in [0.2, 0.25) is 18.3 Å². The number of hydrogen-bond acceptors (Lipinski definition) is 15. The highest BCUT2D eigenvalue weighted by Crippen LogP contribution is 2.31. The number of hydrogen-bond donors (Lipinski definition) is 2. The number of carbonyl (C=O) groups excluding carboxylic acids is 6. The van der Waals surface area contributed by atoms with Gasteiger partial charge in [-0.3, -0.25) is 19.2 Å². The Bertz CT molecular complexity index is 1300. The van der Waals surface area contributed by atoms with Gasteiger partial charge in [-0.05, 0) is 37.1 Å². The molecule has 0 unspecified atom stereocenters. The predicted octanol–water partition coefficient (Wildman–Crippen LogP) is 0.362. The molecule has 48 heavy (non-hydrogen) atoms. The molecular weight excluding hydrogens is 636 g/mol. The van der Waals surface area contributed by atoms with Crippen molar-refractivity contribution in [1.82, 2.24) is 10.6 Å². The first-order valence-corrected chi connectivity index (χ1v) is 15.4. The van der Waals surface area contributed by atoms with Crippen LogP contribution in [0.5, 0.6) is 5.75 Å². The van der Waals surface area contributed by atoms with Crippen molar-refractivity contribution in [2.24, 2.45) is 5.92 Å². The van der Waals surface area contributed by atoms with Gasteiger partial charge in [0.15, 0.2) is 18.3 Å². The lowest BCUT2D eigenvalue weighted by Gasteiger charge is -2.43. The van der Waals surface area contributed by atoms with Crippen molar-refractivity contribution in [3.63, 3.8) is 0 Å². The summed E-state index contributed by atoms with van der Waals surface area (Å²) in [6, 6.07) is 5.28. The average Bonchev–Trinajstić information content (AvgIpc) is 3.57. The zero-order valence-electron chi connectivity index (χ0n) is 28.0. The van der Waals surface area contributed by atoms with Gasteiger partial charge in [-0.1, -0.05) is 19.1 Å². The number of amides is 1. The summed E-state index contributed by atoms with van der Waals surface area (Å²) in [6.07, 6.45) is -6.13. The molecule has 0 spiro atoms. The Balaban J connectivity index is 1.81. The van der Waals surface area contributed by atoms with Gasteiger partial charge in [-0.2, -0.15) is 0 Å². The van der Waals surface area contributed by atoms with Crippen molar-refractivity contribution in [2.45, 2.75) is 95.9 Å². The Hall–Kier alpha value is -4.28. The molecule has 3 rings (SSSR count). The second-order valence-electron chi connectivity index (χ2n) is 11.4. The van der Waals surface area contributed by atoms with Crippen molar-refractivity contribution in [2.75, 3.05) is 27.9 Å². The van der Waals surface area contributed by atoms with E-state index in [1.807, 2.05) is 0 Å². The zero-order chi connectivity index (χ0) is 35.5. The van der Waals surface area contributed by atoms with Crippen molar-refractivity contribution in [1.29, 1.82) is 0 Å². The molecule has 2 aliphatic heterocycles. The van der Waals surface area contributed by atoms with E-state index in [9.17, 15) is 28.8 Å². The Morgan fingerprint density at radius 1 is 0.875 bits per heavy atom. The van der Waals surface area contributed by atoms with Gasteiger partial charge < -0.3 is 48.5 Å². The Morgan fingerprint density at radius 2 is 1.48 bits per heavy atom. The molecule has 2 heterocycles. The maximum atomic E-state index is 13.2. The number of nitrogens with one attached hydrogen (secondary N) is 2. The number of carbonyl (C=O) groups is 6. The van der Waals surface area contributed by atoms with Gasteiger partial charge >= 0.3 is 29.8 Å². The second kappa shape index (κ2) is 17.8. The van der Waals surface area contributed by atoms with Crippen LogP contribution >= 0.6 is 0 Å². The van der Waals surface area contributed by atoms with Gasteiger partial charge in [0.1, 0.15) is 11.8 Å². The van der Waals surface area contributed by atoms with Gasteiger partial charge in [0.25, 0.3) is 0 Å². The van der Waals surface area contributed by atoms with Crippen molar-refractivity contribution >= 4 is 35.8 Å². The first-order chi connectivity index (χ1) is 22.8. The van der Waals surface area contributed by atoms with E-state index in [1.54, 1.807) is 26.2 Å². The Kier molecular flexibility index (Phi) is 14.1. The fourth-order valence-corrected chi connectivity index (χ4v) is 5.75. The lowest BCUT2D eigenvalue weighted by atomic mass is 9.95. The summed E-state index contributed by atoms with van der Waals surface area (Å²) in [4.78, 5) is 74.5. The quantitative estimate of drug-likeness (QED) is 0.201. The van der Waals surface area contributed by atoms with E-state index in [0.29, 0.717) is 5.56 Å². The topological polar surface area (TPSA) is 200 Å². The highest BCUT2D eigenvalue weighted by molar-refractivity contribution is 5.86. The first-order valence-electron chi connectivity index (χ1n) is 15.4. The number of ether oxygens (including phenoxy) is 8. The molecule has 9 atom stereocenters. The SMILES string of the molecule is COC(=O)[C@H](Cc1ccc(O[C@@H]2O[C@H](C(=O)OC)[C@H](OC(C)=O)[C@H](OC(C)=O)[C@@H]2OC(C)=O)cc1)NC(=O)[C@H](C)[C@@H](OC)[C@@H]1CCCN1. The maximum absolute atomic E-state index is 13.2. The molecule has 0 bridgehead atoms. The fraction of sp³-hybridized carbons (Fsp3) is 0.625. The Morgan fingerprint density at radius 3 is 2.00 bits per heavy atom. The smallest absolute Gasteiger partial charge is 0.339 e. The molecule has 1 amide bonds. The zero-order valence-corrected chi connectivity index (χ0v) is 28.0. The van der Waals surface area contributed by atoms with E-state index in [-0.39, 0.29) is 30.2 Å². The number of rotatable bonds is 14. The van der Waals surface area contributed by atoms with Crippen molar-refractivity contribution in [3.05, 3.63) is 29.8 Å². The van der Waals surface area contributed by atoms with Crippen LogP contribution in [0.2, 0.25) is 0 Å². The van der Waals surface area contributed by atoms with E-state index in [0.717, 1.165) is 47.3 Å². The van der Waals surface area contributed by atoms with Crippen LogP contribution in [0.3, 0.4) is 0 Å². The summed E-state index contributed by atoms with van der Waals surface area (Å²) in [5, 5.41) is 6.12. The molecule has 0 aliphatic carbocycles. The summed E-state index contributed by atoms with van der Waals surface area (Å²) >= 11 is 0. The van der Waals surface area contributed by atoms with Crippen LogP contribution in [0.4, 0.5) is 0 Å². The van der Waals surface area contributed by atoms with Crippen LogP contribution in [0, 0.1) is 5.92 Å². The second-order valence-corrected chi connectivity index (χ2v) is 11.4. The van der Waals surface area contributed by atoms with Crippen LogP contribution in [-0.4, -0.2) is 113 Å². The molecule has 0 radical (unpaired) electrons. The molecule has 0 aromatic heterocycles. The number of benzene rings is 1. The van der Waals surface area contributed by atoms with E-state index in [4.69, 9.17) is 37.9 Å². The minimum atomic E-state index is -1.62.